The Balaban J connectivity index is 2.20. The molecule has 0 radical (unpaired) electrons. The maximum atomic E-state index is 12.4. The van der Waals surface area contributed by atoms with Gasteiger partial charge in [-0.25, -0.2) is 9.97 Å². The van der Waals surface area contributed by atoms with Crippen molar-refractivity contribution in [2.45, 2.75) is 5.92 Å². The minimum atomic E-state index is -1.09. The first-order valence-corrected chi connectivity index (χ1v) is 9.48. The van der Waals surface area contributed by atoms with Gasteiger partial charge in [-0.1, -0.05) is 72.3 Å². The number of benzene rings is 3. The normalized spacial score (nSPS) is 11.9. The van der Waals surface area contributed by atoms with Gasteiger partial charge in [0, 0.05) is 21.5 Å². The lowest BCUT2D eigenvalue weighted by atomic mass is 9.87. The van der Waals surface area contributed by atoms with Gasteiger partial charge in [-0.05, 0) is 17.7 Å². The lowest BCUT2D eigenvalue weighted by molar-refractivity contribution is -0.137. The molecule has 0 spiro atoms. The second-order valence-electron chi connectivity index (χ2n) is 6.67. The van der Waals surface area contributed by atoms with E-state index >= 15 is 0 Å². The number of fused-ring (bicyclic) bond motifs is 1. The molecule has 4 rings (SSSR count). The van der Waals surface area contributed by atoms with Gasteiger partial charge in [0.2, 0.25) is 0 Å². The zero-order valence-corrected chi connectivity index (χ0v) is 16.4. The standard InChI is InChI=1S/C23H16ClN3O3/c24-15-11-12-16-19(18(15)17(23(29)30)13-7-3-1-4-8-13)20(14-9-5-2-6-10-14)27-21(25)22(28)26-16/h1-12,17H,(H,29,30)(H2,25,26,27,28). The van der Waals surface area contributed by atoms with Crippen molar-refractivity contribution in [2.75, 3.05) is 5.73 Å². The van der Waals surface area contributed by atoms with E-state index in [0.717, 1.165) is 0 Å². The first-order chi connectivity index (χ1) is 14.5. The van der Waals surface area contributed by atoms with E-state index in [1.165, 1.54) is 6.07 Å². The summed E-state index contributed by atoms with van der Waals surface area (Å²) in [5, 5.41) is 10.7. The van der Waals surface area contributed by atoms with Crippen molar-refractivity contribution in [3.8, 4) is 11.3 Å². The lowest BCUT2D eigenvalue weighted by Crippen LogP contribution is -2.14. The van der Waals surface area contributed by atoms with E-state index in [9.17, 15) is 14.7 Å². The van der Waals surface area contributed by atoms with Gasteiger partial charge in [-0.2, -0.15) is 0 Å². The van der Waals surface area contributed by atoms with E-state index in [0.29, 0.717) is 27.8 Å². The van der Waals surface area contributed by atoms with Crippen LogP contribution in [0.25, 0.3) is 22.2 Å². The van der Waals surface area contributed by atoms with Gasteiger partial charge in [-0.3, -0.25) is 9.59 Å². The first kappa shape index (κ1) is 19.5. The lowest BCUT2D eigenvalue weighted by Gasteiger charge is -2.18. The van der Waals surface area contributed by atoms with E-state index in [2.05, 4.69) is 9.97 Å². The monoisotopic (exact) mass is 417 g/mol. The van der Waals surface area contributed by atoms with E-state index in [-0.39, 0.29) is 16.4 Å². The van der Waals surface area contributed by atoms with Crippen LogP contribution in [0.1, 0.15) is 17.0 Å². The van der Waals surface area contributed by atoms with Gasteiger partial charge in [0.05, 0.1) is 11.2 Å². The van der Waals surface area contributed by atoms with Crippen molar-refractivity contribution in [1.29, 1.82) is 0 Å². The molecule has 0 aliphatic heterocycles. The molecule has 0 aliphatic rings. The van der Waals surface area contributed by atoms with Gasteiger partial charge >= 0.3 is 11.5 Å². The number of rotatable bonds is 4. The molecule has 7 heteroatoms. The molecule has 0 saturated carbocycles. The summed E-state index contributed by atoms with van der Waals surface area (Å²) in [5.41, 5.74) is 7.29. The fourth-order valence-corrected chi connectivity index (χ4v) is 3.75. The molecule has 1 aromatic heterocycles. The third kappa shape index (κ3) is 3.49. The SMILES string of the molecule is Nc1nc(-c2ccccc2)c2c(C(C(=O)O)c3ccccc3)c(Cl)ccc2nc1=O. The van der Waals surface area contributed by atoms with Crippen molar-refractivity contribution in [1.82, 2.24) is 9.97 Å². The fourth-order valence-electron chi connectivity index (χ4n) is 3.48. The molecular formula is C23H16ClN3O3. The third-order valence-electron chi connectivity index (χ3n) is 4.80. The van der Waals surface area contributed by atoms with Crippen LogP contribution in [-0.2, 0) is 4.79 Å². The molecule has 3 N–H and O–H groups in total. The molecule has 4 aromatic rings. The minimum Gasteiger partial charge on any atom is -0.481 e. The Morgan fingerprint density at radius 2 is 1.57 bits per heavy atom. The second kappa shape index (κ2) is 7.93. The average molecular weight is 418 g/mol. The maximum Gasteiger partial charge on any atom is 0.315 e. The number of aliphatic carboxylic acids is 1. The zero-order chi connectivity index (χ0) is 21.3. The van der Waals surface area contributed by atoms with Crippen LogP contribution >= 0.6 is 11.6 Å². The maximum absolute atomic E-state index is 12.4. The molecule has 1 unspecified atom stereocenters. The highest BCUT2D eigenvalue weighted by atomic mass is 35.5. The second-order valence-corrected chi connectivity index (χ2v) is 7.07. The largest absolute Gasteiger partial charge is 0.481 e. The molecule has 0 bridgehead atoms. The quantitative estimate of drug-likeness (QED) is 0.517. The summed E-state index contributed by atoms with van der Waals surface area (Å²) in [5.74, 6) is -2.46. The predicted molar refractivity (Wildman–Crippen MR) is 117 cm³/mol. The number of anilines is 1. The summed E-state index contributed by atoms with van der Waals surface area (Å²) in [4.78, 5) is 33.1. The summed E-state index contributed by atoms with van der Waals surface area (Å²) in [6.45, 7) is 0. The summed E-state index contributed by atoms with van der Waals surface area (Å²) in [7, 11) is 0. The molecule has 0 amide bonds. The Morgan fingerprint density at radius 3 is 2.20 bits per heavy atom. The topological polar surface area (TPSA) is 106 Å². The van der Waals surface area contributed by atoms with Crippen LogP contribution < -0.4 is 11.3 Å². The number of nitrogens with zero attached hydrogens (tertiary/aromatic N) is 2. The Morgan fingerprint density at radius 1 is 0.933 bits per heavy atom. The predicted octanol–water partition coefficient (Wildman–Crippen LogP) is 4.11. The molecule has 1 heterocycles. The third-order valence-corrected chi connectivity index (χ3v) is 5.13. The van der Waals surface area contributed by atoms with Crippen molar-refractivity contribution in [3.63, 3.8) is 0 Å². The van der Waals surface area contributed by atoms with Crippen molar-refractivity contribution < 1.29 is 9.90 Å². The number of nitrogen functional groups attached to an aromatic ring is 1. The number of carbonyl (C=O) groups is 1. The van der Waals surface area contributed by atoms with Crippen molar-refractivity contribution in [3.05, 3.63) is 99.3 Å². The zero-order valence-electron chi connectivity index (χ0n) is 15.6. The summed E-state index contributed by atoms with van der Waals surface area (Å²) in [6, 6.07) is 20.9. The highest BCUT2D eigenvalue weighted by Gasteiger charge is 2.28. The highest BCUT2D eigenvalue weighted by molar-refractivity contribution is 6.33. The van der Waals surface area contributed by atoms with E-state index < -0.39 is 17.4 Å². The molecule has 1 atom stereocenters. The first-order valence-electron chi connectivity index (χ1n) is 9.10. The van der Waals surface area contributed by atoms with Crippen LogP contribution in [0.4, 0.5) is 5.82 Å². The fraction of sp³-hybridized carbons (Fsp3) is 0.0435. The van der Waals surface area contributed by atoms with E-state index in [4.69, 9.17) is 17.3 Å². The molecule has 30 heavy (non-hydrogen) atoms. The highest BCUT2D eigenvalue weighted by Crippen LogP contribution is 2.39. The van der Waals surface area contributed by atoms with Crippen molar-refractivity contribution >= 4 is 34.3 Å². The Bertz CT molecular complexity index is 1310. The molecule has 148 valence electrons. The minimum absolute atomic E-state index is 0.233. The van der Waals surface area contributed by atoms with Crippen LogP contribution in [-0.4, -0.2) is 21.0 Å². The molecule has 3 aromatic carbocycles. The van der Waals surface area contributed by atoms with Crippen LogP contribution in [0.3, 0.4) is 0 Å². The number of nitrogens with two attached hydrogens (primary N) is 1. The summed E-state index contributed by atoms with van der Waals surface area (Å²) in [6.07, 6.45) is 0. The summed E-state index contributed by atoms with van der Waals surface area (Å²) < 4.78 is 0. The van der Waals surface area contributed by atoms with Gasteiger partial charge in [0.1, 0.15) is 5.92 Å². The Hall–Kier alpha value is -3.77. The average Bonchev–Trinajstić information content (AvgIpc) is 2.87. The van der Waals surface area contributed by atoms with Crippen molar-refractivity contribution in [2.24, 2.45) is 0 Å². The smallest absolute Gasteiger partial charge is 0.315 e. The number of aromatic nitrogens is 2. The van der Waals surface area contributed by atoms with Gasteiger partial charge < -0.3 is 10.8 Å². The summed E-state index contributed by atoms with van der Waals surface area (Å²) >= 11 is 6.55. The van der Waals surface area contributed by atoms with Gasteiger partial charge in [0.15, 0.2) is 5.82 Å². The van der Waals surface area contributed by atoms with Crippen LogP contribution in [0, 0.1) is 0 Å². The molecule has 0 saturated heterocycles. The van der Waals surface area contributed by atoms with Crippen LogP contribution in [0.5, 0.6) is 0 Å². The number of carboxylic acids is 1. The number of hydrogen-bond donors (Lipinski definition) is 2. The molecule has 0 fully saturated rings. The Kier molecular flexibility index (Phi) is 5.16. The number of carboxylic acid groups (broad SMARTS) is 1. The molecule has 0 aliphatic carbocycles. The van der Waals surface area contributed by atoms with Gasteiger partial charge in [-0.15, -0.1) is 0 Å². The molecular weight excluding hydrogens is 402 g/mol. The van der Waals surface area contributed by atoms with E-state index in [1.54, 1.807) is 48.5 Å². The Labute approximate surface area is 176 Å². The number of halogens is 1. The molecule has 6 nitrogen and oxygen atoms in total. The number of hydrogen-bond acceptors (Lipinski definition) is 5. The van der Waals surface area contributed by atoms with Gasteiger partial charge in [0.25, 0.3) is 0 Å². The van der Waals surface area contributed by atoms with E-state index in [1.807, 2.05) is 18.2 Å². The van der Waals surface area contributed by atoms with Crippen LogP contribution in [0.2, 0.25) is 5.02 Å². The van der Waals surface area contributed by atoms with Crippen LogP contribution in [0.15, 0.2) is 77.6 Å².